The molecule has 1 fully saturated rings. The number of nitrogens with one attached hydrogen (secondary N) is 1. The Kier molecular flexibility index (Phi) is 6.59. The maximum absolute atomic E-state index is 12.6. The van der Waals surface area contributed by atoms with Crippen LogP contribution >= 0.6 is 11.6 Å². The fraction of sp³-hybridized carbons (Fsp3) is 0.500. The lowest BCUT2D eigenvalue weighted by Crippen LogP contribution is -2.39. The summed E-state index contributed by atoms with van der Waals surface area (Å²) in [5.41, 5.74) is 3.52. The number of piperidine rings is 1. The Bertz CT molecular complexity index is 918. The lowest BCUT2D eigenvalue weighted by molar-refractivity contribution is -0.122. The van der Waals surface area contributed by atoms with Crippen LogP contribution < -0.4 is 10.1 Å². The van der Waals surface area contributed by atoms with Crippen molar-refractivity contribution < 1.29 is 9.53 Å². The van der Waals surface area contributed by atoms with E-state index in [1.807, 2.05) is 31.2 Å². The van der Waals surface area contributed by atoms with Gasteiger partial charge in [-0.3, -0.25) is 9.69 Å². The van der Waals surface area contributed by atoms with Gasteiger partial charge in [0.2, 0.25) is 5.91 Å². The lowest BCUT2D eigenvalue weighted by atomic mass is 9.95. The molecule has 4 nitrogen and oxygen atoms in total. The molecule has 31 heavy (non-hydrogen) atoms. The van der Waals surface area contributed by atoms with Gasteiger partial charge in [0.05, 0.1) is 5.92 Å². The van der Waals surface area contributed by atoms with Gasteiger partial charge in [-0.15, -0.1) is 0 Å². The van der Waals surface area contributed by atoms with Gasteiger partial charge >= 0.3 is 0 Å². The minimum atomic E-state index is -0.165. The first-order valence-corrected chi connectivity index (χ1v) is 11.7. The zero-order valence-electron chi connectivity index (χ0n) is 18.8. The second kappa shape index (κ2) is 9.22. The third kappa shape index (κ3) is 5.42. The van der Waals surface area contributed by atoms with Gasteiger partial charge in [-0.25, -0.2) is 0 Å². The summed E-state index contributed by atoms with van der Waals surface area (Å²) in [6, 6.07) is 14.1. The van der Waals surface area contributed by atoms with Crippen molar-refractivity contribution in [1.29, 1.82) is 0 Å². The van der Waals surface area contributed by atoms with Crippen molar-refractivity contribution >= 4 is 17.5 Å². The molecule has 166 valence electrons. The van der Waals surface area contributed by atoms with Crippen molar-refractivity contribution in [1.82, 2.24) is 10.2 Å². The molecule has 0 saturated carbocycles. The summed E-state index contributed by atoms with van der Waals surface area (Å²) in [6.07, 6.45) is 3.19. The number of carbonyl (C=O) groups is 1. The molecule has 2 aromatic carbocycles. The number of amides is 1. The summed E-state index contributed by atoms with van der Waals surface area (Å²) >= 11 is 5.95. The fourth-order valence-electron chi connectivity index (χ4n) is 4.69. The average Bonchev–Trinajstić information content (AvgIpc) is 3.08. The number of hydrogen-bond donors (Lipinski definition) is 1. The monoisotopic (exact) mass is 440 g/mol. The minimum Gasteiger partial charge on any atom is -0.487 e. The van der Waals surface area contributed by atoms with Gasteiger partial charge in [0.1, 0.15) is 11.4 Å². The van der Waals surface area contributed by atoms with E-state index in [4.69, 9.17) is 16.3 Å². The third-order valence-electron chi connectivity index (χ3n) is 6.60. The minimum absolute atomic E-state index is 0.0874. The molecular weight excluding hydrogens is 408 g/mol. The highest BCUT2D eigenvalue weighted by atomic mass is 35.5. The van der Waals surface area contributed by atoms with E-state index in [1.165, 1.54) is 11.1 Å². The first-order chi connectivity index (χ1) is 14.8. The molecule has 5 heteroatoms. The Morgan fingerprint density at radius 2 is 1.90 bits per heavy atom. The van der Waals surface area contributed by atoms with Gasteiger partial charge in [-0.2, -0.15) is 0 Å². The molecule has 2 heterocycles. The second-order valence-electron chi connectivity index (χ2n) is 9.68. The van der Waals surface area contributed by atoms with E-state index in [9.17, 15) is 4.79 Å². The molecule has 4 rings (SSSR count). The second-order valence-corrected chi connectivity index (χ2v) is 10.1. The topological polar surface area (TPSA) is 41.6 Å². The van der Waals surface area contributed by atoms with Crippen molar-refractivity contribution in [3.05, 3.63) is 64.2 Å². The van der Waals surface area contributed by atoms with Gasteiger partial charge in [-0.1, -0.05) is 41.9 Å². The third-order valence-corrected chi connectivity index (χ3v) is 6.85. The van der Waals surface area contributed by atoms with Crippen LogP contribution in [0.1, 0.15) is 56.2 Å². The Morgan fingerprint density at radius 1 is 1.19 bits per heavy atom. The van der Waals surface area contributed by atoms with E-state index in [0.29, 0.717) is 10.9 Å². The maximum Gasteiger partial charge on any atom is 0.227 e. The van der Waals surface area contributed by atoms with Crippen LogP contribution in [0.4, 0.5) is 0 Å². The normalized spacial score (nSPS) is 19.5. The summed E-state index contributed by atoms with van der Waals surface area (Å²) in [5.74, 6) is 1.55. The van der Waals surface area contributed by atoms with Gasteiger partial charge in [0.25, 0.3) is 0 Å². The van der Waals surface area contributed by atoms with Crippen LogP contribution in [0, 0.1) is 5.92 Å². The van der Waals surface area contributed by atoms with Crippen LogP contribution in [0.15, 0.2) is 42.5 Å². The lowest BCUT2D eigenvalue weighted by Gasteiger charge is -2.32. The first-order valence-electron chi connectivity index (χ1n) is 11.4. The molecule has 0 radical (unpaired) electrons. The maximum atomic E-state index is 12.6. The van der Waals surface area contributed by atoms with Crippen LogP contribution in [-0.4, -0.2) is 36.0 Å². The van der Waals surface area contributed by atoms with Crippen molar-refractivity contribution in [2.45, 2.75) is 58.1 Å². The first kappa shape index (κ1) is 22.2. The SMILES string of the molecule is CC(C(=O)NCC1CCN(Cc2cccc3c2OC(C)(C)C3)CC1)c1ccc(Cl)cc1. The molecule has 1 N–H and O–H groups in total. The highest BCUT2D eigenvalue weighted by molar-refractivity contribution is 6.30. The molecule has 2 aliphatic heterocycles. The molecule has 2 aliphatic rings. The van der Waals surface area contributed by atoms with Crippen LogP contribution in [0.25, 0.3) is 0 Å². The molecule has 0 aliphatic carbocycles. The van der Waals surface area contributed by atoms with E-state index in [0.717, 1.165) is 56.8 Å². The summed E-state index contributed by atoms with van der Waals surface area (Å²) < 4.78 is 6.24. The number of likely N-dealkylation sites (tertiary alicyclic amines) is 1. The van der Waals surface area contributed by atoms with Gasteiger partial charge in [0, 0.05) is 30.1 Å². The standard InChI is InChI=1S/C26H33ClN2O2/c1-18(20-7-9-23(27)10-8-20)25(30)28-16-19-11-13-29(14-12-19)17-22-6-4-5-21-15-26(2,3)31-24(21)22/h4-10,18-19H,11-17H2,1-3H3,(H,28,30). The summed E-state index contributed by atoms with van der Waals surface area (Å²) in [7, 11) is 0. The quantitative estimate of drug-likeness (QED) is 0.672. The van der Waals surface area contributed by atoms with Crippen LogP contribution in [0.2, 0.25) is 5.02 Å². The van der Waals surface area contributed by atoms with Crippen molar-refractivity contribution in [3.8, 4) is 5.75 Å². The van der Waals surface area contributed by atoms with Gasteiger partial charge in [0.15, 0.2) is 0 Å². The average molecular weight is 441 g/mol. The van der Waals surface area contributed by atoms with Crippen LogP contribution in [0.3, 0.4) is 0 Å². The number of nitrogens with zero attached hydrogens (tertiary/aromatic N) is 1. The molecule has 1 unspecified atom stereocenters. The van der Waals surface area contributed by atoms with Gasteiger partial charge in [-0.05, 0) is 75.9 Å². The number of halogens is 1. The largest absolute Gasteiger partial charge is 0.487 e. The Hall–Kier alpha value is -2.04. The highest BCUT2D eigenvalue weighted by Gasteiger charge is 2.32. The summed E-state index contributed by atoms with van der Waals surface area (Å²) in [4.78, 5) is 15.1. The molecule has 0 bridgehead atoms. The van der Waals surface area contributed by atoms with E-state index in [-0.39, 0.29) is 17.4 Å². The molecule has 1 atom stereocenters. The number of ether oxygens (including phenoxy) is 1. The number of fused-ring (bicyclic) bond motifs is 1. The van der Waals surface area contributed by atoms with Crippen LogP contribution in [-0.2, 0) is 17.8 Å². The molecule has 1 amide bonds. The predicted octanol–water partition coefficient (Wildman–Crippen LogP) is 5.19. The Labute approximate surface area is 190 Å². The molecule has 1 saturated heterocycles. The zero-order valence-corrected chi connectivity index (χ0v) is 19.5. The fourth-order valence-corrected chi connectivity index (χ4v) is 4.82. The van der Waals surface area contributed by atoms with E-state index in [1.54, 1.807) is 0 Å². The number of hydrogen-bond acceptors (Lipinski definition) is 3. The highest BCUT2D eigenvalue weighted by Crippen LogP contribution is 2.38. The number of para-hydroxylation sites is 1. The smallest absolute Gasteiger partial charge is 0.227 e. The summed E-state index contributed by atoms with van der Waals surface area (Å²) in [5, 5.41) is 3.86. The molecular formula is C26H33ClN2O2. The molecule has 2 aromatic rings. The Morgan fingerprint density at radius 3 is 2.61 bits per heavy atom. The number of carbonyl (C=O) groups excluding carboxylic acids is 1. The molecule has 0 aromatic heterocycles. The number of benzene rings is 2. The van der Waals surface area contributed by atoms with Crippen molar-refractivity contribution in [2.75, 3.05) is 19.6 Å². The van der Waals surface area contributed by atoms with Crippen LogP contribution in [0.5, 0.6) is 5.75 Å². The summed E-state index contributed by atoms with van der Waals surface area (Å²) in [6.45, 7) is 10.1. The van der Waals surface area contributed by atoms with E-state index < -0.39 is 0 Å². The van der Waals surface area contributed by atoms with Crippen molar-refractivity contribution in [3.63, 3.8) is 0 Å². The van der Waals surface area contributed by atoms with Crippen molar-refractivity contribution in [2.24, 2.45) is 5.92 Å². The van der Waals surface area contributed by atoms with E-state index >= 15 is 0 Å². The zero-order chi connectivity index (χ0) is 22.0. The number of rotatable bonds is 6. The molecule has 0 spiro atoms. The Balaban J connectivity index is 1.24. The predicted molar refractivity (Wildman–Crippen MR) is 126 cm³/mol. The van der Waals surface area contributed by atoms with Gasteiger partial charge < -0.3 is 10.1 Å². The van der Waals surface area contributed by atoms with E-state index in [2.05, 4.69) is 42.3 Å².